The van der Waals surface area contributed by atoms with Gasteiger partial charge in [0.05, 0.1) is 6.10 Å². The van der Waals surface area contributed by atoms with Gasteiger partial charge in [0.1, 0.15) is 5.75 Å². The van der Waals surface area contributed by atoms with E-state index in [-0.39, 0.29) is 0 Å². The second kappa shape index (κ2) is 7.74. The van der Waals surface area contributed by atoms with Gasteiger partial charge >= 0.3 is 6.09 Å². The fourth-order valence-corrected chi connectivity index (χ4v) is 4.67. The highest BCUT2D eigenvalue weighted by Crippen LogP contribution is 2.39. The molecule has 2 aliphatic rings. The maximum Gasteiger partial charge on any atom is 0.407 e. The minimum absolute atomic E-state index is 0.321. The van der Waals surface area contributed by atoms with E-state index in [1.165, 1.54) is 17.7 Å². The molecule has 154 valence electrons. The normalized spacial score (nSPS) is 21.7. The van der Waals surface area contributed by atoms with Crippen LogP contribution in [0.15, 0.2) is 42.5 Å². The lowest BCUT2D eigenvalue weighted by Crippen LogP contribution is -2.30. The molecule has 0 saturated heterocycles. The number of fused-ring (bicyclic) bond motifs is 1. The number of hydrogen-bond acceptors (Lipinski definition) is 2. The first-order valence-electron chi connectivity index (χ1n) is 10.7. The van der Waals surface area contributed by atoms with E-state index in [9.17, 15) is 9.90 Å². The van der Waals surface area contributed by atoms with Crippen molar-refractivity contribution in [2.75, 3.05) is 0 Å². The van der Waals surface area contributed by atoms with Crippen LogP contribution in [0.25, 0.3) is 11.1 Å². The summed E-state index contributed by atoms with van der Waals surface area (Å²) in [6.45, 7) is 7.98. The molecule has 0 radical (unpaired) electrons. The standard InChI is InChI=1S/C25H31NO3/c1-25(2,3)21-8-12-23(13-9-21)29-22-10-6-17(7-11-22)18-4-5-19-15-26(24(27)28)16-20(19)14-18/h4-7,10-11,14,21,23H,8-9,12-13,15-16H2,1-3H3,(H,27,28). The summed E-state index contributed by atoms with van der Waals surface area (Å²) in [5.74, 6) is 1.73. The highest BCUT2D eigenvalue weighted by molar-refractivity contribution is 5.69. The fourth-order valence-electron chi connectivity index (χ4n) is 4.67. The van der Waals surface area contributed by atoms with Crippen LogP contribution in [0.5, 0.6) is 5.75 Å². The van der Waals surface area contributed by atoms with E-state index < -0.39 is 6.09 Å². The summed E-state index contributed by atoms with van der Waals surface area (Å²) in [4.78, 5) is 12.6. The Morgan fingerprint density at radius 3 is 2.17 bits per heavy atom. The van der Waals surface area contributed by atoms with Gasteiger partial charge in [-0.2, -0.15) is 0 Å². The van der Waals surface area contributed by atoms with Crippen molar-refractivity contribution in [3.8, 4) is 16.9 Å². The molecule has 0 atom stereocenters. The van der Waals surface area contributed by atoms with Crippen LogP contribution in [0.2, 0.25) is 0 Å². The molecule has 0 spiro atoms. The maximum absolute atomic E-state index is 11.2. The smallest absolute Gasteiger partial charge is 0.407 e. The predicted octanol–water partition coefficient (Wildman–Crippen LogP) is 6.33. The van der Waals surface area contributed by atoms with Crippen molar-refractivity contribution in [2.45, 2.75) is 65.6 Å². The van der Waals surface area contributed by atoms with E-state index in [2.05, 4.69) is 57.2 Å². The summed E-state index contributed by atoms with van der Waals surface area (Å²) in [5, 5.41) is 9.20. The van der Waals surface area contributed by atoms with Crippen molar-refractivity contribution in [3.05, 3.63) is 53.6 Å². The molecular weight excluding hydrogens is 362 g/mol. The molecule has 0 bridgehead atoms. The van der Waals surface area contributed by atoms with Gasteiger partial charge < -0.3 is 9.84 Å². The molecule has 4 heteroatoms. The average molecular weight is 394 g/mol. The summed E-state index contributed by atoms with van der Waals surface area (Å²) in [5.41, 5.74) is 4.84. The van der Waals surface area contributed by atoms with Crippen LogP contribution in [0.4, 0.5) is 4.79 Å². The second-order valence-corrected chi connectivity index (χ2v) is 9.60. The van der Waals surface area contributed by atoms with Crippen LogP contribution in [0.1, 0.15) is 57.6 Å². The number of hydrogen-bond donors (Lipinski definition) is 1. The zero-order chi connectivity index (χ0) is 20.6. The average Bonchev–Trinajstić information content (AvgIpc) is 3.12. The minimum atomic E-state index is -0.860. The molecule has 4 nitrogen and oxygen atoms in total. The number of carboxylic acid groups (broad SMARTS) is 1. The quantitative estimate of drug-likeness (QED) is 0.663. The van der Waals surface area contributed by atoms with Crippen LogP contribution in [-0.2, 0) is 13.1 Å². The van der Waals surface area contributed by atoms with E-state index in [1.807, 2.05) is 6.07 Å². The van der Waals surface area contributed by atoms with Crippen LogP contribution in [0.3, 0.4) is 0 Å². The number of nitrogens with zero attached hydrogens (tertiary/aromatic N) is 1. The lowest BCUT2D eigenvalue weighted by molar-refractivity contribution is 0.0882. The van der Waals surface area contributed by atoms with Crippen molar-refractivity contribution < 1.29 is 14.6 Å². The van der Waals surface area contributed by atoms with Crippen molar-refractivity contribution >= 4 is 6.09 Å². The highest BCUT2D eigenvalue weighted by Gasteiger charge is 2.30. The van der Waals surface area contributed by atoms with Crippen molar-refractivity contribution in [2.24, 2.45) is 11.3 Å². The molecule has 1 aliphatic carbocycles. The summed E-state index contributed by atoms with van der Waals surface area (Å²) < 4.78 is 6.25. The minimum Gasteiger partial charge on any atom is -0.490 e. The van der Waals surface area contributed by atoms with Crippen LogP contribution in [-0.4, -0.2) is 22.2 Å². The molecule has 4 rings (SSSR count). The van der Waals surface area contributed by atoms with Crippen molar-refractivity contribution in [1.29, 1.82) is 0 Å². The first-order chi connectivity index (χ1) is 13.8. The Bertz CT molecular complexity index is 874. The largest absolute Gasteiger partial charge is 0.490 e. The molecule has 0 aromatic heterocycles. The Labute approximate surface area is 173 Å². The Balaban J connectivity index is 1.38. The third-order valence-electron chi connectivity index (χ3n) is 6.59. The van der Waals surface area contributed by atoms with E-state index in [0.717, 1.165) is 46.8 Å². The molecule has 1 heterocycles. The maximum atomic E-state index is 11.2. The first-order valence-corrected chi connectivity index (χ1v) is 10.7. The number of rotatable bonds is 3. The van der Waals surface area contributed by atoms with Gasteiger partial charge in [0.15, 0.2) is 0 Å². The summed E-state index contributed by atoms with van der Waals surface area (Å²) in [6.07, 6.45) is 4.22. The second-order valence-electron chi connectivity index (χ2n) is 9.60. The molecule has 2 aromatic carbocycles. The zero-order valence-corrected chi connectivity index (χ0v) is 17.6. The Morgan fingerprint density at radius 1 is 0.931 bits per heavy atom. The highest BCUT2D eigenvalue weighted by atomic mass is 16.5. The molecule has 1 saturated carbocycles. The molecule has 1 N–H and O–H groups in total. The molecule has 2 aromatic rings. The van der Waals surface area contributed by atoms with Crippen LogP contribution >= 0.6 is 0 Å². The van der Waals surface area contributed by atoms with Crippen LogP contribution in [0, 0.1) is 11.3 Å². The van der Waals surface area contributed by atoms with Crippen molar-refractivity contribution in [3.63, 3.8) is 0 Å². The lowest BCUT2D eigenvalue weighted by Gasteiger charge is -2.36. The molecular formula is C25H31NO3. The van der Waals surface area contributed by atoms with Gasteiger partial charge in [-0.1, -0.05) is 45.0 Å². The van der Waals surface area contributed by atoms with E-state index >= 15 is 0 Å². The molecule has 0 unspecified atom stereocenters. The van der Waals surface area contributed by atoms with Gasteiger partial charge in [0.2, 0.25) is 0 Å². The van der Waals surface area contributed by atoms with Gasteiger partial charge in [-0.25, -0.2) is 4.79 Å². The summed E-state index contributed by atoms with van der Waals surface area (Å²) in [7, 11) is 0. The predicted molar refractivity (Wildman–Crippen MR) is 115 cm³/mol. The van der Waals surface area contributed by atoms with Gasteiger partial charge in [-0.3, -0.25) is 4.90 Å². The number of amides is 1. The molecule has 1 fully saturated rings. The third-order valence-corrected chi connectivity index (χ3v) is 6.59. The van der Waals surface area contributed by atoms with Gasteiger partial charge in [0, 0.05) is 13.1 Å². The molecule has 1 aliphatic heterocycles. The SMILES string of the molecule is CC(C)(C)C1CCC(Oc2ccc(-c3ccc4c(c3)CN(C(=O)O)C4)cc2)CC1. The molecule has 1 amide bonds. The summed E-state index contributed by atoms with van der Waals surface area (Å²) in [6, 6.07) is 14.6. The van der Waals surface area contributed by atoms with Gasteiger partial charge in [0.25, 0.3) is 0 Å². The fraction of sp³-hybridized carbons (Fsp3) is 0.480. The van der Waals surface area contributed by atoms with Gasteiger partial charge in [-0.15, -0.1) is 0 Å². The topological polar surface area (TPSA) is 49.8 Å². The Kier molecular flexibility index (Phi) is 5.28. The Hall–Kier alpha value is -2.49. The first kappa shape index (κ1) is 19.8. The van der Waals surface area contributed by atoms with E-state index in [1.54, 1.807) is 0 Å². The number of ether oxygens (including phenoxy) is 1. The van der Waals surface area contributed by atoms with Gasteiger partial charge in [-0.05, 0) is 77.5 Å². The Morgan fingerprint density at radius 2 is 1.55 bits per heavy atom. The zero-order valence-electron chi connectivity index (χ0n) is 17.6. The monoisotopic (exact) mass is 393 g/mol. The lowest BCUT2D eigenvalue weighted by atomic mass is 9.72. The molecule has 29 heavy (non-hydrogen) atoms. The van der Waals surface area contributed by atoms with E-state index in [4.69, 9.17) is 4.74 Å². The number of benzene rings is 2. The van der Waals surface area contributed by atoms with E-state index in [0.29, 0.717) is 24.6 Å². The van der Waals surface area contributed by atoms with Crippen LogP contribution < -0.4 is 4.74 Å². The summed E-state index contributed by atoms with van der Waals surface area (Å²) >= 11 is 0. The number of carbonyl (C=O) groups is 1. The van der Waals surface area contributed by atoms with Crippen molar-refractivity contribution in [1.82, 2.24) is 4.90 Å². The third kappa shape index (κ3) is 4.42.